The molecule has 7 nitrogen and oxygen atoms in total. The lowest BCUT2D eigenvalue weighted by atomic mass is 10.1. The molecule has 1 aromatic heterocycles. The van der Waals surface area contributed by atoms with Gasteiger partial charge in [0.1, 0.15) is 4.21 Å². The molecule has 1 saturated heterocycles. The highest BCUT2D eigenvalue weighted by atomic mass is 79.9. The van der Waals surface area contributed by atoms with Crippen molar-refractivity contribution in [2.24, 2.45) is 0 Å². The molecule has 0 radical (unpaired) electrons. The van der Waals surface area contributed by atoms with Gasteiger partial charge in [-0.25, -0.2) is 13.2 Å². The lowest BCUT2D eigenvalue weighted by Gasteiger charge is -2.36. The van der Waals surface area contributed by atoms with Gasteiger partial charge in [0.2, 0.25) is 0 Å². The van der Waals surface area contributed by atoms with Crippen LogP contribution in [0.3, 0.4) is 0 Å². The first kappa shape index (κ1) is 21.1. The number of hydrogen-bond donors (Lipinski definition) is 2. The van der Waals surface area contributed by atoms with Gasteiger partial charge in [-0.3, -0.25) is 9.62 Å². The average Bonchev–Trinajstić information content (AvgIpc) is 3.10. The number of aromatic carboxylic acids is 1. The van der Waals surface area contributed by atoms with Gasteiger partial charge in [0.05, 0.1) is 15.0 Å². The molecule has 1 aliphatic heterocycles. The standard InChI is InChI=1S/C18H22BrN3O4S2/c1-2-7-21-8-10-22(11-9-21)15-4-3-13(12-14(15)18(23)24)20-28(25,26)17-6-5-16(19)27-17/h3-6,12,20H,2,7-11H2,1H3,(H,23,24). The van der Waals surface area contributed by atoms with Gasteiger partial charge in [0.15, 0.2) is 0 Å². The van der Waals surface area contributed by atoms with Gasteiger partial charge < -0.3 is 10.0 Å². The minimum Gasteiger partial charge on any atom is -0.478 e. The number of hydrogen-bond acceptors (Lipinski definition) is 6. The van der Waals surface area contributed by atoms with E-state index in [0.717, 1.165) is 50.5 Å². The normalized spacial score (nSPS) is 15.6. The number of carboxylic acids is 1. The van der Waals surface area contributed by atoms with Crippen molar-refractivity contribution in [1.29, 1.82) is 0 Å². The topological polar surface area (TPSA) is 90.0 Å². The van der Waals surface area contributed by atoms with Crippen LogP contribution in [0.2, 0.25) is 0 Å². The van der Waals surface area contributed by atoms with Crippen molar-refractivity contribution >= 4 is 54.6 Å². The number of halogens is 1. The first-order valence-corrected chi connectivity index (χ1v) is 12.0. The van der Waals surface area contributed by atoms with Gasteiger partial charge in [0.25, 0.3) is 10.0 Å². The number of piperazine rings is 1. The fourth-order valence-corrected chi connectivity index (χ4v) is 6.28. The Balaban J connectivity index is 1.81. The highest BCUT2D eigenvalue weighted by Crippen LogP contribution is 2.30. The molecule has 1 fully saturated rings. The number of nitrogens with one attached hydrogen (secondary N) is 1. The van der Waals surface area contributed by atoms with E-state index in [1.165, 1.54) is 12.1 Å². The molecule has 0 amide bonds. The Kier molecular flexibility index (Phi) is 6.64. The average molecular weight is 488 g/mol. The van der Waals surface area contributed by atoms with Crippen LogP contribution in [0.1, 0.15) is 23.7 Å². The lowest BCUT2D eigenvalue weighted by Crippen LogP contribution is -2.47. The van der Waals surface area contributed by atoms with Crippen molar-refractivity contribution in [1.82, 2.24) is 4.90 Å². The third-order valence-corrected chi connectivity index (χ3v) is 8.04. The van der Waals surface area contributed by atoms with Crippen LogP contribution in [0.25, 0.3) is 0 Å². The Bertz CT molecular complexity index is 953. The molecule has 0 unspecified atom stereocenters. The Morgan fingerprint density at radius 1 is 1.21 bits per heavy atom. The van der Waals surface area contributed by atoms with Crippen LogP contribution in [-0.4, -0.2) is 57.1 Å². The van der Waals surface area contributed by atoms with E-state index in [-0.39, 0.29) is 15.5 Å². The van der Waals surface area contributed by atoms with E-state index in [1.54, 1.807) is 18.2 Å². The largest absolute Gasteiger partial charge is 0.478 e. The predicted molar refractivity (Wildman–Crippen MR) is 115 cm³/mol. The molecule has 2 aromatic rings. The number of nitrogens with zero attached hydrogens (tertiary/aromatic N) is 2. The second-order valence-corrected chi connectivity index (χ2v) is 10.9. The van der Waals surface area contributed by atoms with Crippen LogP contribution in [0, 0.1) is 0 Å². The third-order valence-electron chi connectivity index (χ3n) is 4.55. The van der Waals surface area contributed by atoms with Gasteiger partial charge in [-0.05, 0) is 59.2 Å². The van der Waals surface area contributed by atoms with Crippen molar-refractivity contribution in [3.8, 4) is 0 Å². The maximum Gasteiger partial charge on any atom is 0.337 e. The number of carbonyl (C=O) groups is 1. The Hall–Kier alpha value is -1.62. The molecule has 0 aliphatic carbocycles. The summed E-state index contributed by atoms with van der Waals surface area (Å²) >= 11 is 4.34. The summed E-state index contributed by atoms with van der Waals surface area (Å²) in [6.45, 7) is 6.44. The zero-order valence-electron chi connectivity index (χ0n) is 15.4. The van der Waals surface area contributed by atoms with Gasteiger partial charge >= 0.3 is 5.97 Å². The van der Waals surface area contributed by atoms with E-state index in [0.29, 0.717) is 9.47 Å². The zero-order chi connectivity index (χ0) is 20.3. The second-order valence-electron chi connectivity index (χ2n) is 6.53. The van der Waals surface area contributed by atoms with E-state index in [4.69, 9.17) is 0 Å². The van der Waals surface area contributed by atoms with Gasteiger partial charge in [-0.15, -0.1) is 11.3 Å². The highest BCUT2D eigenvalue weighted by molar-refractivity contribution is 9.11. The van der Waals surface area contributed by atoms with Gasteiger partial charge in [0, 0.05) is 31.9 Å². The quantitative estimate of drug-likeness (QED) is 0.620. The zero-order valence-corrected chi connectivity index (χ0v) is 18.6. The molecule has 1 aliphatic rings. The summed E-state index contributed by atoms with van der Waals surface area (Å²) in [6, 6.07) is 7.83. The minimum absolute atomic E-state index is 0.0940. The number of sulfonamides is 1. The summed E-state index contributed by atoms with van der Waals surface area (Å²) in [4.78, 5) is 16.2. The van der Waals surface area contributed by atoms with Gasteiger partial charge in [-0.1, -0.05) is 6.92 Å². The number of thiophene rings is 1. The monoisotopic (exact) mass is 487 g/mol. The lowest BCUT2D eigenvalue weighted by molar-refractivity contribution is 0.0697. The van der Waals surface area contributed by atoms with Crippen molar-refractivity contribution in [2.75, 3.05) is 42.3 Å². The molecule has 10 heteroatoms. The van der Waals surface area contributed by atoms with Crippen LogP contribution in [-0.2, 0) is 10.0 Å². The van der Waals surface area contributed by atoms with E-state index in [9.17, 15) is 18.3 Å². The van der Waals surface area contributed by atoms with E-state index in [1.807, 2.05) is 4.90 Å². The first-order valence-electron chi connectivity index (χ1n) is 8.93. The molecular formula is C18H22BrN3O4S2. The smallest absolute Gasteiger partial charge is 0.337 e. The molecule has 0 saturated carbocycles. The fourth-order valence-electron chi connectivity index (χ4n) is 3.22. The van der Waals surface area contributed by atoms with E-state index in [2.05, 4.69) is 32.5 Å². The summed E-state index contributed by atoms with van der Waals surface area (Å²) in [7, 11) is -3.76. The molecular weight excluding hydrogens is 466 g/mol. The van der Waals surface area contributed by atoms with Gasteiger partial charge in [-0.2, -0.15) is 0 Å². The maximum absolute atomic E-state index is 12.5. The predicted octanol–water partition coefficient (Wildman–Crippen LogP) is 3.54. The first-order chi connectivity index (χ1) is 13.3. The molecule has 0 spiro atoms. The molecule has 152 valence electrons. The fraction of sp³-hybridized carbons (Fsp3) is 0.389. The molecule has 3 rings (SSSR count). The third kappa shape index (κ3) is 4.86. The second kappa shape index (κ2) is 8.81. The Labute approximate surface area is 177 Å². The SMILES string of the molecule is CCCN1CCN(c2ccc(NS(=O)(=O)c3ccc(Br)s3)cc2C(=O)O)CC1. The van der Waals surface area contributed by atoms with Crippen LogP contribution in [0.4, 0.5) is 11.4 Å². The summed E-state index contributed by atoms with van der Waals surface area (Å²) in [5.74, 6) is -1.08. The van der Waals surface area contributed by atoms with Crippen LogP contribution >= 0.6 is 27.3 Å². The summed E-state index contributed by atoms with van der Waals surface area (Å²) in [5.41, 5.74) is 0.942. The Morgan fingerprint density at radius 3 is 2.50 bits per heavy atom. The minimum atomic E-state index is -3.76. The van der Waals surface area contributed by atoms with Crippen LogP contribution in [0.5, 0.6) is 0 Å². The molecule has 0 bridgehead atoms. The van der Waals surface area contributed by atoms with Crippen LogP contribution in [0.15, 0.2) is 38.3 Å². The number of carboxylic acid groups (broad SMARTS) is 1. The molecule has 0 atom stereocenters. The molecule has 1 aromatic carbocycles. The van der Waals surface area contributed by atoms with E-state index < -0.39 is 16.0 Å². The molecule has 28 heavy (non-hydrogen) atoms. The summed E-state index contributed by atoms with van der Waals surface area (Å²) in [5, 5.41) is 9.66. The Morgan fingerprint density at radius 2 is 1.93 bits per heavy atom. The van der Waals surface area contributed by atoms with Crippen molar-refractivity contribution in [3.63, 3.8) is 0 Å². The van der Waals surface area contributed by atoms with E-state index >= 15 is 0 Å². The van der Waals surface area contributed by atoms with Crippen molar-refractivity contribution < 1.29 is 18.3 Å². The summed E-state index contributed by atoms with van der Waals surface area (Å²) in [6.07, 6.45) is 1.09. The highest BCUT2D eigenvalue weighted by Gasteiger charge is 2.23. The van der Waals surface area contributed by atoms with Crippen LogP contribution < -0.4 is 9.62 Å². The maximum atomic E-state index is 12.5. The number of rotatable bonds is 7. The number of benzene rings is 1. The molecule has 2 heterocycles. The summed E-state index contributed by atoms with van der Waals surface area (Å²) < 4.78 is 28.3. The molecule has 2 N–H and O–H groups in total. The number of anilines is 2. The van der Waals surface area contributed by atoms with Crippen molar-refractivity contribution in [2.45, 2.75) is 17.6 Å². The van der Waals surface area contributed by atoms with Crippen molar-refractivity contribution in [3.05, 3.63) is 39.7 Å².